The second-order valence-electron chi connectivity index (χ2n) is 15.4. The van der Waals surface area contributed by atoms with Crippen molar-refractivity contribution in [2.24, 2.45) is 11.8 Å². The third-order valence-corrected chi connectivity index (χ3v) is 10.8. The lowest BCUT2D eigenvalue weighted by Gasteiger charge is -2.26. The number of hydrogen-bond donors (Lipinski definition) is 3. The molecule has 2 rings (SSSR count). The van der Waals surface area contributed by atoms with E-state index in [1.54, 1.807) is 9.80 Å². The number of Topliss-reactive ketones (excluding diaryl/α,β-unsaturated/α-hetero) is 1. The van der Waals surface area contributed by atoms with Crippen LogP contribution in [0.15, 0.2) is 0 Å². The lowest BCUT2D eigenvalue weighted by Crippen LogP contribution is -2.38. The van der Waals surface area contributed by atoms with Crippen LogP contribution in [0.5, 0.6) is 0 Å². The SMILES string of the molecule is CC(C)CCCCCCC(=O)N1C[C@H](OP(=O)(O)OC[C@@H]2C[C@@H](C)CN2C(=O)CCCCCCC(=O)CCCCCNC(C)C)C[C@@H]1CO. The monoisotopic (exact) mass is 715 g/mol. The van der Waals surface area contributed by atoms with Gasteiger partial charge in [-0.15, -0.1) is 0 Å². The molecule has 11 nitrogen and oxygen atoms in total. The average molecular weight is 716 g/mol. The summed E-state index contributed by atoms with van der Waals surface area (Å²) in [6, 6.07) is -0.258. The van der Waals surface area contributed by atoms with Gasteiger partial charge in [0.05, 0.1) is 31.4 Å². The van der Waals surface area contributed by atoms with Crippen molar-refractivity contribution in [3.63, 3.8) is 0 Å². The number of unbranched alkanes of at least 4 members (excludes halogenated alkanes) is 8. The second-order valence-corrected chi connectivity index (χ2v) is 16.8. The molecular weight excluding hydrogens is 645 g/mol. The summed E-state index contributed by atoms with van der Waals surface area (Å²) in [5.74, 6) is 1.22. The van der Waals surface area contributed by atoms with Gasteiger partial charge in [-0.3, -0.25) is 23.4 Å². The van der Waals surface area contributed by atoms with Gasteiger partial charge in [0.1, 0.15) is 5.78 Å². The summed E-state index contributed by atoms with van der Waals surface area (Å²) in [6.45, 7) is 12.1. The molecule has 0 radical (unpaired) electrons. The maximum absolute atomic E-state index is 13.1. The van der Waals surface area contributed by atoms with E-state index in [9.17, 15) is 28.9 Å². The number of phosphoric ester groups is 1. The first-order valence-electron chi connectivity index (χ1n) is 19.4. The molecule has 0 aromatic heterocycles. The minimum atomic E-state index is -4.45. The minimum Gasteiger partial charge on any atom is -0.394 e. The molecule has 12 heteroatoms. The normalized spacial score (nSPS) is 22.4. The number of aliphatic hydroxyl groups is 1. The lowest BCUT2D eigenvalue weighted by molar-refractivity contribution is -0.133. The molecular formula is C37H70N3O8P. The minimum absolute atomic E-state index is 0.0188. The molecule has 286 valence electrons. The molecule has 2 saturated heterocycles. The number of amides is 2. The highest BCUT2D eigenvalue weighted by Crippen LogP contribution is 2.47. The highest BCUT2D eigenvalue weighted by atomic mass is 31.2. The van der Waals surface area contributed by atoms with E-state index in [2.05, 4.69) is 39.9 Å². The standard InChI is InChI=1S/C37H70N3O8P/c1-29(2)17-11-6-8-14-21-37(44)40-26-35(24-32(40)27-41)48-49(45,46)47-28-33-23-31(5)25-39(33)36(43)20-15-9-7-12-18-34(42)19-13-10-16-22-38-30(3)4/h29-33,35,38,41H,6-28H2,1-5H3,(H,45,46)/t31-,32-,33+,35-/m1/s1. The van der Waals surface area contributed by atoms with Crippen molar-refractivity contribution in [3.05, 3.63) is 0 Å². The Kier molecular flexibility index (Phi) is 21.4. The van der Waals surface area contributed by atoms with Gasteiger partial charge in [0.25, 0.3) is 0 Å². The van der Waals surface area contributed by atoms with E-state index in [-0.39, 0.29) is 50.0 Å². The molecule has 3 N–H and O–H groups in total. The molecule has 49 heavy (non-hydrogen) atoms. The Morgan fingerprint density at radius 3 is 1.90 bits per heavy atom. The van der Waals surface area contributed by atoms with Crippen molar-refractivity contribution in [1.29, 1.82) is 0 Å². The summed E-state index contributed by atoms with van der Waals surface area (Å²) in [6.07, 6.45) is 14.0. The number of likely N-dealkylation sites (tertiary alicyclic amines) is 2. The Bertz CT molecular complexity index is 1010. The highest BCUT2D eigenvalue weighted by molar-refractivity contribution is 7.47. The van der Waals surface area contributed by atoms with Crippen LogP contribution in [0.1, 0.15) is 150 Å². The summed E-state index contributed by atoms with van der Waals surface area (Å²) >= 11 is 0. The fourth-order valence-electron chi connectivity index (χ4n) is 7.00. The zero-order chi connectivity index (χ0) is 36.2. The van der Waals surface area contributed by atoms with Crippen LogP contribution in [-0.2, 0) is 28.0 Å². The molecule has 2 heterocycles. The molecule has 0 bridgehead atoms. The summed E-state index contributed by atoms with van der Waals surface area (Å²) in [7, 11) is -4.45. The van der Waals surface area contributed by atoms with Crippen molar-refractivity contribution in [1.82, 2.24) is 15.1 Å². The fourth-order valence-corrected chi connectivity index (χ4v) is 7.95. The van der Waals surface area contributed by atoms with Crippen LogP contribution >= 0.6 is 7.82 Å². The quantitative estimate of drug-likeness (QED) is 0.0619. The van der Waals surface area contributed by atoms with Crippen molar-refractivity contribution in [2.45, 2.75) is 174 Å². The van der Waals surface area contributed by atoms with E-state index in [0.29, 0.717) is 56.4 Å². The van der Waals surface area contributed by atoms with Crippen LogP contribution in [0, 0.1) is 11.8 Å². The fraction of sp³-hybridized carbons (Fsp3) is 0.919. The van der Waals surface area contributed by atoms with E-state index >= 15 is 0 Å². The smallest absolute Gasteiger partial charge is 0.394 e. The maximum atomic E-state index is 13.1. The first-order chi connectivity index (χ1) is 23.3. The van der Waals surface area contributed by atoms with Gasteiger partial charge in [-0.05, 0) is 63.3 Å². The maximum Gasteiger partial charge on any atom is 0.472 e. The number of ketones is 1. The molecule has 5 atom stereocenters. The largest absolute Gasteiger partial charge is 0.472 e. The number of carbonyl (C=O) groups excluding carboxylic acids is 3. The van der Waals surface area contributed by atoms with E-state index in [0.717, 1.165) is 77.2 Å². The predicted molar refractivity (Wildman–Crippen MR) is 194 cm³/mol. The molecule has 0 aliphatic carbocycles. The molecule has 0 spiro atoms. The van der Waals surface area contributed by atoms with Gasteiger partial charge >= 0.3 is 7.82 Å². The van der Waals surface area contributed by atoms with E-state index in [4.69, 9.17) is 9.05 Å². The van der Waals surface area contributed by atoms with Crippen molar-refractivity contribution < 1.29 is 38.0 Å². The van der Waals surface area contributed by atoms with Crippen LogP contribution in [0.2, 0.25) is 0 Å². The summed E-state index contributed by atoms with van der Waals surface area (Å²) in [5.41, 5.74) is 0. The topological polar surface area (TPSA) is 146 Å². The Balaban J connectivity index is 1.66. The second kappa shape index (κ2) is 24.0. The molecule has 2 aliphatic rings. The van der Waals surface area contributed by atoms with Gasteiger partial charge in [0, 0.05) is 44.8 Å². The summed E-state index contributed by atoms with van der Waals surface area (Å²) < 4.78 is 23.8. The van der Waals surface area contributed by atoms with E-state index in [1.165, 1.54) is 6.42 Å². The zero-order valence-corrected chi connectivity index (χ0v) is 32.3. The Labute approximate surface area is 297 Å². The van der Waals surface area contributed by atoms with Crippen molar-refractivity contribution in [3.8, 4) is 0 Å². The van der Waals surface area contributed by atoms with Gasteiger partial charge in [0.15, 0.2) is 0 Å². The Hall–Kier alpha value is -1.36. The summed E-state index contributed by atoms with van der Waals surface area (Å²) in [5, 5.41) is 13.3. The van der Waals surface area contributed by atoms with Crippen molar-refractivity contribution >= 4 is 25.4 Å². The Morgan fingerprint density at radius 2 is 1.33 bits per heavy atom. The Morgan fingerprint density at radius 1 is 0.776 bits per heavy atom. The zero-order valence-electron chi connectivity index (χ0n) is 31.4. The molecule has 0 aromatic rings. The molecule has 1 unspecified atom stereocenters. The molecule has 0 aromatic carbocycles. The number of phosphoric acid groups is 1. The van der Waals surface area contributed by atoms with Crippen LogP contribution in [0.3, 0.4) is 0 Å². The number of hydrogen-bond acceptors (Lipinski definition) is 8. The van der Waals surface area contributed by atoms with Gasteiger partial charge in [-0.2, -0.15) is 0 Å². The lowest BCUT2D eigenvalue weighted by atomic mass is 10.0. The van der Waals surface area contributed by atoms with Gasteiger partial charge < -0.3 is 25.1 Å². The van der Waals surface area contributed by atoms with Crippen LogP contribution < -0.4 is 5.32 Å². The molecule has 0 saturated carbocycles. The van der Waals surface area contributed by atoms with Gasteiger partial charge in [0.2, 0.25) is 11.8 Å². The number of rotatable bonds is 27. The third-order valence-electron chi connectivity index (χ3n) is 9.77. The van der Waals surface area contributed by atoms with Gasteiger partial charge in [-0.25, -0.2) is 4.57 Å². The average Bonchev–Trinajstić information content (AvgIpc) is 3.63. The van der Waals surface area contributed by atoms with Gasteiger partial charge in [-0.1, -0.05) is 79.6 Å². The molecule has 2 amide bonds. The number of nitrogens with one attached hydrogen (secondary N) is 1. The highest BCUT2D eigenvalue weighted by Gasteiger charge is 2.40. The molecule has 2 fully saturated rings. The van der Waals surface area contributed by atoms with Crippen LogP contribution in [-0.4, -0.2) is 94.5 Å². The predicted octanol–water partition coefficient (Wildman–Crippen LogP) is 6.78. The van der Waals surface area contributed by atoms with E-state index < -0.39 is 20.0 Å². The van der Waals surface area contributed by atoms with Crippen LogP contribution in [0.25, 0.3) is 0 Å². The third kappa shape index (κ3) is 18.6. The number of carbonyl (C=O) groups is 3. The van der Waals surface area contributed by atoms with Crippen molar-refractivity contribution in [2.75, 3.05) is 32.8 Å². The summed E-state index contributed by atoms with van der Waals surface area (Å²) in [4.78, 5) is 52.0. The molecule has 2 aliphatic heterocycles. The number of nitrogens with zero attached hydrogens (tertiary/aromatic N) is 2. The van der Waals surface area contributed by atoms with E-state index in [1.807, 2.05) is 0 Å². The van der Waals surface area contributed by atoms with Crippen LogP contribution in [0.4, 0.5) is 0 Å². The number of aliphatic hydroxyl groups excluding tert-OH is 1. The first-order valence-corrected chi connectivity index (χ1v) is 20.9. The first kappa shape index (κ1) is 43.8.